The molecule has 4 rings (SSSR count). The minimum absolute atomic E-state index is 0.00909. The quantitative estimate of drug-likeness (QED) is 0.750. The van der Waals surface area contributed by atoms with Crippen LogP contribution < -0.4 is 5.56 Å². The third-order valence-electron chi connectivity index (χ3n) is 4.76. The molecule has 0 unspecified atom stereocenters. The molecule has 1 fully saturated rings. The molecule has 0 bridgehead atoms. The summed E-state index contributed by atoms with van der Waals surface area (Å²) in [6.45, 7) is 0.659. The summed E-state index contributed by atoms with van der Waals surface area (Å²) in [4.78, 5) is 33.4. The summed E-state index contributed by atoms with van der Waals surface area (Å²) in [5.41, 5.74) is 1.01. The number of fused-ring (bicyclic) bond motifs is 1. The summed E-state index contributed by atoms with van der Waals surface area (Å²) in [5, 5.41) is 2.22. The molecule has 1 amide bonds. The maximum atomic E-state index is 13.4. The topological polar surface area (TPSA) is 95.0 Å². The van der Waals surface area contributed by atoms with Gasteiger partial charge < -0.3 is 14.4 Å². The van der Waals surface area contributed by atoms with E-state index in [-0.39, 0.29) is 29.7 Å². The lowest BCUT2D eigenvalue weighted by molar-refractivity contribution is -0.135. The molecule has 1 saturated heterocycles. The number of benzene rings is 1. The molecule has 1 atom stereocenters. The molecule has 0 radical (unpaired) electrons. The van der Waals surface area contributed by atoms with Gasteiger partial charge in [-0.15, -0.1) is 0 Å². The van der Waals surface area contributed by atoms with E-state index < -0.39 is 0 Å². The van der Waals surface area contributed by atoms with Crippen molar-refractivity contribution in [2.45, 2.75) is 38.1 Å². The van der Waals surface area contributed by atoms with Gasteiger partial charge in [-0.25, -0.2) is 9.37 Å². The molecule has 0 aliphatic carbocycles. The number of aryl methyl sites for hydroxylation is 1. The lowest BCUT2D eigenvalue weighted by Gasteiger charge is -2.34. The lowest BCUT2D eigenvalue weighted by atomic mass is 10.0. The molecule has 1 aliphatic rings. The van der Waals surface area contributed by atoms with Crippen molar-refractivity contribution >= 4 is 16.9 Å². The van der Waals surface area contributed by atoms with Crippen LogP contribution in [0.5, 0.6) is 0 Å². The Morgan fingerprint density at radius 1 is 1.35 bits per heavy atom. The van der Waals surface area contributed by atoms with Crippen molar-refractivity contribution in [2.24, 2.45) is 0 Å². The second-order valence-electron chi connectivity index (χ2n) is 6.56. The maximum absolute atomic E-state index is 13.4. The van der Waals surface area contributed by atoms with Gasteiger partial charge in [-0.1, -0.05) is 0 Å². The minimum atomic E-state index is -0.322. The molecule has 26 heavy (non-hydrogen) atoms. The van der Waals surface area contributed by atoms with Crippen LogP contribution in [0.4, 0.5) is 4.39 Å². The molecule has 1 aromatic carbocycles. The molecule has 3 aromatic rings. The van der Waals surface area contributed by atoms with E-state index in [0.717, 1.165) is 19.3 Å². The van der Waals surface area contributed by atoms with Crippen molar-refractivity contribution in [3.05, 3.63) is 52.0 Å². The van der Waals surface area contributed by atoms with Gasteiger partial charge in [0.15, 0.2) is 0 Å². The van der Waals surface area contributed by atoms with Gasteiger partial charge in [-0.2, -0.15) is 5.16 Å². The number of piperidine rings is 1. The van der Waals surface area contributed by atoms with Crippen LogP contribution in [0.25, 0.3) is 11.0 Å². The summed E-state index contributed by atoms with van der Waals surface area (Å²) in [6.07, 6.45) is 3.38. The Morgan fingerprint density at radius 2 is 2.23 bits per heavy atom. The molecule has 136 valence electrons. The number of nitrogens with zero attached hydrogens (tertiary/aromatic N) is 2. The van der Waals surface area contributed by atoms with E-state index >= 15 is 0 Å². The number of halogens is 1. The van der Waals surface area contributed by atoms with Crippen LogP contribution >= 0.6 is 0 Å². The highest BCUT2D eigenvalue weighted by molar-refractivity contribution is 5.78. The standard InChI is InChI=1S/C18H19FN4O3/c19-11-4-6-13-14(9-11)21-18(20-13)15-3-1-2-8-23(15)17(25)7-5-12-10-16(24)22-26-12/h4,6,9-10,15H,1-3,5,7-8H2,(H,20,21)(H,22,24)/t15-/m1/s1. The van der Waals surface area contributed by atoms with E-state index in [9.17, 15) is 14.0 Å². The van der Waals surface area contributed by atoms with Crippen LogP contribution in [0.2, 0.25) is 0 Å². The van der Waals surface area contributed by atoms with Gasteiger partial charge in [-0.3, -0.25) is 9.59 Å². The number of nitrogens with one attached hydrogen (secondary N) is 2. The smallest absolute Gasteiger partial charge is 0.280 e. The lowest BCUT2D eigenvalue weighted by Crippen LogP contribution is -2.39. The van der Waals surface area contributed by atoms with Crippen molar-refractivity contribution in [2.75, 3.05) is 6.54 Å². The predicted molar refractivity (Wildman–Crippen MR) is 92.0 cm³/mol. The van der Waals surface area contributed by atoms with Gasteiger partial charge in [0.25, 0.3) is 5.56 Å². The third kappa shape index (κ3) is 3.26. The van der Waals surface area contributed by atoms with E-state index in [2.05, 4.69) is 15.1 Å². The Morgan fingerprint density at radius 3 is 3.04 bits per heavy atom. The number of aromatic amines is 2. The van der Waals surface area contributed by atoms with Gasteiger partial charge in [0.1, 0.15) is 17.4 Å². The van der Waals surface area contributed by atoms with Crippen LogP contribution in [0.15, 0.2) is 33.6 Å². The van der Waals surface area contributed by atoms with E-state index in [1.54, 1.807) is 6.07 Å². The summed E-state index contributed by atoms with van der Waals surface area (Å²) >= 11 is 0. The number of imidazole rings is 1. The van der Waals surface area contributed by atoms with Crippen molar-refractivity contribution in [1.82, 2.24) is 20.0 Å². The Bertz CT molecular complexity index is 990. The van der Waals surface area contributed by atoms with E-state index in [1.807, 2.05) is 4.90 Å². The molecule has 8 heteroatoms. The minimum Gasteiger partial charge on any atom is -0.384 e. The molecule has 7 nitrogen and oxygen atoms in total. The summed E-state index contributed by atoms with van der Waals surface area (Å²) in [5.74, 6) is 0.824. The van der Waals surface area contributed by atoms with Gasteiger partial charge in [0.05, 0.1) is 17.1 Å². The molecular weight excluding hydrogens is 339 g/mol. The summed E-state index contributed by atoms with van der Waals surface area (Å²) < 4.78 is 18.4. The first-order valence-corrected chi connectivity index (χ1v) is 8.72. The second kappa shape index (κ2) is 6.78. The molecule has 0 saturated carbocycles. The largest absolute Gasteiger partial charge is 0.384 e. The van der Waals surface area contributed by atoms with E-state index in [1.165, 1.54) is 18.2 Å². The number of hydrogen-bond donors (Lipinski definition) is 2. The van der Waals surface area contributed by atoms with Gasteiger partial charge in [-0.05, 0) is 37.5 Å². The van der Waals surface area contributed by atoms with Crippen LogP contribution in [0.1, 0.15) is 43.3 Å². The fraction of sp³-hybridized carbons (Fsp3) is 0.389. The fourth-order valence-corrected chi connectivity index (χ4v) is 3.49. The molecule has 0 spiro atoms. The number of amides is 1. The Kier molecular flexibility index (Phi) is 4.32. The first-order chi connectivity index (χ1) is 12.6. The monoisotopic (exact) mass is 358 g/mol. The van der Waals surface area contributed by atoms with Gasteiger partial charge in [0, 0.05) is 25.5 Å². The number of H-pyrrole nitrogens is 2. The van der Waals surface area contributed by atoms with Gasteiger partial charge in [0.2, 0.25) is 5.91 Å². The zero-order valence-corrected chi connectivity index (χ0v) is 14.1. The number of likely N-dealkylation sites (tertiary alicyclic amines) is 1. The van der Waals surface area contributed by atoms with Crippen molar-refractivity contribution in [1.29, 1.82) is 0 Å². The first-order valence-electron chi connectivity index (χ1n) is 8.72. The van der Waals surface area contributed by atoms with Crippen molar-refractivity contribution in [3.8, 4) is 0 Å². The number of rotatable bonds is 4. The molecule has 1 aliphatic heterocycles. The molecule has 2 aromatic heterocycles. The molecule has 3 heterocycles. The fourth-order valence-electron chi connectivity index (χ4n) is 3.49. The van der Waals surface area contributed by atoms with E-state index in [4.69, 9.17) is 4.52 Å². The van der Waals surface area contributed by atoms with Crippen molar-refractivity contribution < 1.29 is 13.7 Å². The molecule has 2 N–H and O–H groups in total. The number of carbonyl (C=O) groups is 1. The summed E-state index contributed by atoms with van der Waals surface area (Å²) in [7, 11) is 0. The van der Waals surface area contributed by atoms with Crippen LogP contribution in [0.3, 0.4) is 0 Å². The normalized spacial score (nSPS) is 17.7. The maximum Gasteiger partial charge on any atom is 0.280 e. The van der Waals surface area contributed by atoms with Crippen LogP contribution in [-0.4, -0.2) is 32.5 Å². The number of aromatic nitrogens is 3. The average molecular weight is 358 g/mol. The summed E-state index contributed by atoms with van der Waals surface area (Å²) in [6, 6.07) is 5.63. The zero-order valence-electron chi connectivity index (χ0n) is 14.1. The van der Waals surface area contributed by atoms with Crippen molar-refractivity contribution in [3.63, 3.8) is 0 Å². The van der Waals surface area contributed by atoms with Crippen LogP contribution in [0, 0.1) is 5.82 Å². The third-order valence-corrected chi connectivity index (χ3v) is 4.76. The second-order valence-corrected chi connectivity index (χ2v) is 6.56. The Balaban J connectivity index is 1.53. The van der Waals surface area contributed by atoms with Crippen LogP contribution in [-0.2, 0) is 11.2 Å². The van der Waals surface area contributed by atoms with Gasteiger partial charge >= 0.3 is 0 Å². The first kappa shape index (κ1) is 16.6. The Labute approximate surface area is 148 Å². The molecular formula is C18H19FN4O3. The predicted octanol–water partition coefficient (Wildman–Crippen LogP) is 2.67. The highest BCUT2D eigenvalue weighted by Gasteiger charge is 2.30. The zero-order chi connectivity index (χ0) is 18.1. The highest BCUT2D eigenvalue weighted by Crippen LogP contribution is 2.31. The SMILES string of the molecule is O=C(CCc1cc(=O)[nH]o1)N1CCCC[C@@H]1c1nc2ccc(F)cc2[nH]1. The van der Waals surface area contributed by atoms with E-state index in [0.29, 0.717) is 35.6 Å². The number of carbonyl (C=O) groups excluding carboxylic acids is 1. The average Bonchev–Trinajstić information content (AvgIpc) is 3.25. The highest BCUT2D eigenvalue weighted by atomic mass is 19.1. The number of hydrogen-bond acceptors (Lipinski definition) is 4. The Hall–Kier alpha value is -2.90.